The van der Waals surface area contributed by atoms with Crippen LogP contribution in [0.2, 0.25) is 0 Å². The van der Waals surface area contributed by atoms with Crippen LogP contribution in [0.1, 0.15) is 12.3 Å². The molecule has 2 aromatic rings. The van der Waals surface area contributed by atoms with Crippen LogP contribution < -0.4 is 4.74 Å². The Hall–Kier alpha value is -2.44. The molecule has 0 aliphatic rings. The van der Waals surface area contributed by atoms with E-state index in [4.69, 9.17) is 14.3 Å². The predicted octanol–water partition coefficient (Wildman–Crippen LogP) is 1.90. The van der Waals surface area contributed by atoms with Crippen molar-refractivity contribution in [2.24, 2.45) is 0 Å². The number of carboxylic acids is 1. The Morgan fingerprint density at radius 1 is 1.47 bits per heavy atom. The van der Waals surface area contributed by atoms with Crippen LogP contribution in [0.15, 0.2) is 22.6 Å². The third-order valence-corrected chi connectivity index (χ3v) is 2.42. The number of nitrogens with zero attached hydrogens (tertiary/aromatic N) is 2. The van der Waals surface area contributed by atoms with Crippen molar-refractivity contribution < 1.29 is 23.4 Å². The molecule has 1 aromatic carbocycles. The van der Waals surface area contributed by atoms with E-state index in [1.54, 1.807) is 6.07 Å². The van der Waals surface area contributed by atoms with E-state index in [0.29, 0.717) is 5.56 Å². The number of halogens is 1. The first-order chi connectivity index (χ1) is 9.10. The molecular formula is C12H11FN2O4. The SMILES string of the molecule is COc1ccc(-c2nnc(CCC(=O)O)o2)cc1F. The number of ether oxygens (including phenoxy) is 1. The highest BCUT2D eigenvalue weighted by atomic mass is 19.1. The van der Waals surface area contributed by atoms with Gasteiger partial charge in [0, 0.05) is 12.0 Å². The Bertz CT molecular complexity index is 597. The second-order valence-electron chi connectivity index (χ2n) is 3.74. The fraction of sp³-hybridized carbons (Fsp3) is 0.250. The van der Waals surface area contributed by atoms with Gasteiger partial charge in [-0.15, -0.1) is 10.2 Å². The zero-order chi connectivity index (χ0) is 13.8. The molecule has 0 atom stereocenters. The van der Waals surface area contributed by atoms with Gasteiger partial charge < -0.3 is 14.3 Å². The molecule has 19 heavy (non-hydrogen) atoms. The number of aromatic nitrogens is 2. The van der Waals surface area contributed by atoms with E-state index in [-0.39, 0.29) is 30.4 Å². The highest BCUT2D eigenvalue weighted by Crippen LogP contribution is 2.24. The molecule has 0 radical (unpaired) electrons. The van der Waals surface area contributed by atoms with Gasteiger partial charge >= 0.3 is 5.97 Å². The van der Waals surface area contributed by atoms with Crippen molar-refractivity contribution in [2.45, 2.75) is 12.8 Å². The molecule has 1 heterocycles. The summed E-state index contributed by atoms with van der Waals surface area (Å²) in [5.74, 6) is -1.02. The second kappa shape index (κ2) is 5.47. The Labute approximate surface area is 107 Å². The van der Waals surface area contributed by atoms with E-state index >= 15 is 0 Å². The number of carbonyl (C=O) groups is 1. The molecule has 7 heteroatoms. The van der Waals surface area contributed by atoms with E-state index in [1.165, 1.54) is 19.2 Å². The van der Waals surface area contributed by atoms with Gasteiger partial charge in [0.15, 0.2) is 11.6 Å². The molecule has 0 aliphatic heterocycles. The molecule has 100 valence electrons. The van der Waals surface area contributed by atoms with Crippen LogP contribution in [-0.2, 0) is 11.2 Å². The van der Waals surface area contributed by atoms with Gasteiger partial charge in [-0.2, -0.15) is 0 Å². The third kappa shape index (κ3) is 3.06. The Balaban J connectivity index is 2.18. The summed E-state index contributed by atoms with van der Waals surface area (Å²) in [7, 11) is 1.37. The Kier molecular flexibility index (Phi) is 3.74. The lowest BCUT2D eigenvalue weighted by molar-refractivity contribution is -0.137. The first-order valence-corrected chi connectivity index (χ1v) is 5.48. The van der Waals surface area contributed by atoms with Crippen LogP contribution in [0.25, 0.3) is 11.5 Å². The summed E-state index contributed by atoms with van der Waals surface area (Å²) < 4.78 is 23.6. The number of benzene rings is 1. The monoisotopic (exact) mass is 266 g/mol. The van der Waals surface area contributed by atoms with Crippen LogP contribution >= 0.6 is 0 Å². The third-order valence-electron chi connectivity index (χ3n) is 2.42. The molecule has 1 aromatic heterocycles. The van der Waals surface area contributed by atoms with Crippen LogP contribution in [0, 0.1) is 5.82 Å². The zero-order valence-corrected chi connectivity index (χ0v) is 10.1. The van der Waals surface area contributed by atoms with Crippen molar-refractivity contribution in [1.29, 1.82) is 0 Å². The number of methoxy groups -OCH3 is 1. The Morgan fingerprint density at radius 3 is 2.89 bits per heavy atom. The molecule has 1 N–H and O–H groups in total. The van der Waals surface area contributed by atoms with Crippen molar-refractivity contribution in [3.63, 3.8) is 0 Å². The minimum absolute atomic E-state index is 0.0986. The van der Waals surface area contributed by atoms with Crippen molar-refractivity contribution >= 4 is 5.97 Å². The number of aryl methyl sites for hydroxylation is 1. The van der Waals surface area contributed by atoms with E-state index in [0.717, 1.165) is 0 Å². The number of hydrogen-bond donors (Lipinski definition) is 1. The normalized spacial score (nSPS) is 10.4. The standard InChI is InChI=1S/C12H11FN2O4/c1-18-9-3-2-7(6-8(9)13)12-15-14-10(19-12)4-5-11(16)17/h2-3,6H,4-5H2,1H3,(H,16,17). The molecule has 0 amide bonds. The summed E-state index contributed by atoms with van der Waals surface area (Å²) in [4.78, 5) is 10.4. The van der Waals surface area contributed by atoms with Gasteiger partial charge in [0.25, 0.3) is 0 Å². The smallest absolute Gasteiger partial charge is 0.303 e. The average Bonchev–Trinajstić information content (AvgIpc) is 2.85. The van der Waals surface area contributed by atoms with Gasteiger partial charge in [0.1, 0.15) is 0 Å². The quantitative estimate of drug-likeness (QED) is 0.889. The molecule has 0 saturated carbocycles. The number of carboxylic acid groups (broad SMARTS) is 1. The molecule has 6 nitrogen and oxygen atoms in total. The van der Waals surface area contributed by atoms with E-state index in [1.807, 2.05) is 0 Å². The first-order valence-electron chi connectivity index (χ1n) is 5.48. The minimum Gasteiger partial charge on any atom is -0.494 e. The van der Waals surface area contributed by atoms with Crippen molar-refractivity contribution in [3.05, 3.63) is 29.9 Å². The Morgan fingerprint density at radius 2 is 2.26 bits per heavy atom. The summed E-state index contributed by atoms with van der Waals surface area (Å²) in [6.45, 7) is 0. The van der Waals surface area contributed by atoms with Crippen LogP contribution in [0.3, 0.4) is 0 Å². The summed E-state index contributed by atoms with van der Waals surface area (Å²) in [5.41, 5.74) is 0.410. The van der Waals surface area contributed by atoms with Gasteiger partial charge in [-0.3, -0.25) is 4.79 Å². The van der Waals surface area contributed by atoms with Gasteiger partial charge in [-0.05, 0) is 18.2 Å². The lowest BCUT2D eigenvalue weighted by atomic mass is 10.2. The van der Waals surface area contributed by atoms with E-state index in [9.17, 15) is 9.18 Å². The van der Waals surface area contributed by atoms with Crippen molar-refractivity contribution in [1.82, 2.24) is 10.2 Å². The molecule has 0 spiro atoms. The summed E-state index contributed by atoms with van der Waals surface area (Å²) in [6.07, 6.45) is 0.0412. The molecule has 0 aliphatic carbocycles. The maximum Gasteiger partial charge on any atom is 0.303 e. The van der Waals surface area contributed by atoms with Gasteiger partial charge in [-0.25, -0.2) is 4.39 Å². The molecule has 2 rings (SSSR count). The number of rotatable bonds is 5. The van der Waals surface area contributed by atoms with Gasteiger partial charge in [0.05, 0.1) is 13.5 Å². The molecule has 0 fully saturated rings. The highest BCUT2D eigenvalue weighted by molar-refractivity contribution is 5.66. The largest absolute Gasteiger partial charge is 0.494 e. The molecular weight excluding hydrogens is 255 g/mol. The minimum atomic E-state index is -0.949. The molecule has 0 unspecified atom stereocenters. The van der Waals surface area contributed by atoms with Crippen LogP contribution in [0.4, 0.5) is 4.39 Å². The predicted molar refractivity (Wildman–Crippen MR) is 62.2 cm³/mol. The maximum atomic E-state index is 13.5. The van der Waals surface area contributed by atoms with Crippen LogP contribution in [-0.4, -0.2) is 28.4 Å². The number of aliphatic carboxylic acids is 1. The van der Waals surface area contributed by atoms with Crippen molar-refractivity contribution in [3.8, 4) is 17.2 Å². The lowest BCUT2D eigenvalue weighted by Gasteiger charge is -2.01. The van der Waals surface area contributed by atoms with Gasteiger partial charge in [0.2, 0.25) is 11.8 Å². The first kappa shape index (κ1) is 13.0. The van der Waals surface area contributed by atoms with E-state index in [2.05, 4.69) is 10.2 Å². The fourth-order valence-electron chi connectivity index (χ4n) is 1.48. The maximum absolute atomic E-state index is 13.5. The van der Waals surface area contributed by atoms with Gasteiger partial charge in [-0.1, -0.05) is 0 Å². The van der Waals surface area contributed by atoms with Crippen LogP contribution in [0.5, 0.6) is 5.75 Å². The second-order valence-corrected chi connectivity index (χ2v) is 3.74. The number of hydrogen-bond acceptors (Lipinski definition) is 5. The summed E-state index contributed by atoms with van der Waals surface area (Å²) in [5, 5.41) is 16.0. The summed E-state index contributed by atoms with van der Waals surface area (Å²) in [6, 6.07) is 4.25. The van der Waals surface area contributed by atoms with E-state index < -0.39 is 11.8 Å². The topological polar surface area (TPSA) is 85.5 Å². The fourth-order valence-corrected chi connectivity index (χ4v) is 1.48. The average molecular weight is 266 g/mol. The summed E-state index contributed by atoms with van der Waals surface area (Å²) >= 11 is 0. The van der Waals surface area contributed by atoms with Crippen molar-refractivity contribution in [2.75, 3.05) is 7.11 Å². The molecule has 0 saturated heterocycles. The zero-order valence-electron chi connectivity index (χ0n) is 10.1. The highest BCUT2D eigenvalue weighted by Gasteiger charge is 2.12. The lowest BCUT2D eigenvalue weighted by Crippen LogP contribution is -1.97. The molecule has 0 bridgehead atoms.